The van der Waals surface area contributed by atoms with Gasteiger partial charge in [0.25, 0.3) is 0 Å². The topological polar surface area (TPSA) is 59.8 Å². The number of benzene rings is 3. The minimum atomic E-state index is -0.0820. The number of aryl methyl sites for hydroxylation is 1. The van der Waals surface area contributed by atoms with Crippen LogP contribution in [-0.2, 0) is 11.3 Å². The van der Waals surface area contributed by atoms with Crippen molar-refractivity contribution in [3.8, 4) is 11.4 Å². The molecule has 0 unspecified atom stereocenters. The number of amides is 1. The van der Waals surface area contributed by atoms with Gasteiger partial charge in [-0.25, -0.2) is 0 Å². The molecule has 1 N–H and O–H groups in total. The van der Waals surface area contributed by atoms with E-state index in [1.165, 1.54) is 17.3 Å². The van der Waals surface area contributed by atoms with Gasteiger partial charge >= 0.3 is 0 Å². The van der Waals surface area contributed by atoms with Crippen molar-refractivity contribution < 1.29 is 4.79 Å². The fourth-order valence-corrected chi connectivity index (χ4v) is 4.00. The van der Waals surface area contributed by atoms with Crippen LogP contribution in [0.2, 0.25) is 0 Å². The number of nitrogens with one attached hydrogen (secondary N) is 1. The maximum Gasteiger partial charge on any atom is 0.234 e. The quantitative estimate of drug-likeness (QED) is 0.328. The number of carbonyl (C=O) groups is 1. The van der Waals surface area contributed by atoms with Crippen molar-refractivity contribution in [2.24, 2.45) is 0 Å². The van der Waals surface area contributed by atoms with E-state index >= 15 is 0 Å². The highest BCUT2D eigenvalue weighted by atomic mass is 32.2. The van der Waals surface area contributed by atoms with Gasteiger partial charge in [-0.1, -0.05) is 84.1 Å². The number of carbonyl (C=O) groups excluding carboxylic acids is 1. The molecular formula is C24H22N4OS. The summed E-state index contributed by atoms with van der Waals surface area (Å²) in [5, 5.41) is 14.5. The molecule has 0 radical (unpaired) electrons. The highest BCUT2D eigenvalue weighted by molar-refractivity contribution is 7.99. The fraction of sp³-hybridized carbons (Fsp3) is 0.125. The molecule has 5 nitrogen and oxygen atoms in total. The summed E-state index contributed by atoms with van der Waals surface area (Å²) in [6.45, 7) is 6.46. The van der Waals surface area contributed by atoms with E-state index in [4.69, 9.17) is 0 Å². The Bertz CT molecular complexity index is 1190. The number of nitrogens with zero attached hydrogens (tertiary/aromatic N) is 3. The molecule has 0 bridgehead atoms. The van der Waals surface area contributed by atoms with E-state index in [2.05, 4.69) is 22.1 Å². The average molecular weight is 415 g/mol. The van der Waals surface area contributed by atoms with Crippen molar-refractivity contribution in [3.05, 3.63) is 84.9 Å². The molecule has 4 rings (SSSR count). The fourth-order valence-electron chi connectivity index (χ4n) is 3.26. The van der Waals surface area contributed by atoms with Gasteiger partial charge in [-0.3, -0.25) is 9.36 Å². The third-order valence-electron chi connectivity index (χ3n) is 4.73. The summed E-state index contributed by atoms with van der Waals surface area (Å²) < 4.78 is 1.98. The van der Waals surface area contributed by atoms with Crippen molar-refractivity contribution in [1.29, 1.82) is 0 Å². The Balaban J connectivity index is 1.49. The Kier molecular flexibility index (Phi) is 5.95. The molecule has 150 valence electrons. The molecule has 4 aromatic rings. The summed E-state index contributed by atoms with van der Waals surface area (Å²) in [5.74, 6) is 0.931. The first kappa shape index (κ1) is 19.9. The Morgan fingerprint density at radius 2 is 1.83 bits per heavy atom. The highest BCUT2D eigenvalue weighted by Crippen LogP contribution is 2.26. The largest absolute Gasteiger partial charge is 0.325 e. The van der Waals surface area contributed by atoms with E-state index in [1.54, 1.807) is 6.08 Å². The van der Waals surface area contributed by atoms with Gasteiger partial charge in [-0.2, -0.15) is 0 Å². The van der Waals surface area contributed by atoms with Crippen LogP contribution >= 0.6 is 11.8 Å². The average Bonchev–Trinajstić information content (AvgIpc) is 3.16. The van der Waals surface area contributed by atoms with Crippen LogP contribution in [0.3, 0.4) is 0 Å². The molecule has 0 spiro atoms. The zero-order valence-corrected chi connectivity index (χ0v) is 17.5. The molecule has 30 heavy (non-hydrogen) atoms. The molecule has 0 atom stereocenters. The second-order valence-corrected chi connectivity index (χ2v) is 7.88. The van der Waals surface area contributed by atoms with Gasteiger partial charge in [0.05, 0.1) is 5.75 Å². The summed E-state index contributed by atoms with van der Waals surface area (Å²) in [5.41, 5.74) is 2.99. The normalized spacial score (nSPS) is 10.8. The number of hydrogen-bond acceptors (Lipinski definition) is 4. The van der Waals surface area contributed by atoms with E-state index in [0.717, 1.165) is 27.8 Å². The van der Waals surface area contributed by atoms with Crippen LogP contribution in [0.1, 0.15) is 5.56 Å². The first-order chi connectivity index (χ1) is 14.7. The molecule has 0 fully saturated rings. The minimum Gasteiger partial charge on any atom is -0.325 e. The van der Waals surface area contributed by atoms with Gasteiger partial charge in [-0.15, -0.1) is 16.8 Å². The lowest BCUT2D eigenvalue weighted by Crippen LogP contribution is -2.15. The third-order valence-corrected chi connectivity index (χ3v) is 5.70. The minimum absolute atomic E-state index is 0.0820. The number of rotatable bonds is 7. The van der Waals surface area contributed by atoms with Crippen molar-refractivity contribution in [2.45, 2.75) is 18.6 Å². The van der Waals surface area contributed by atoms with E-state index in [-0.39, 0.29) is 11.7 Å². The molecule has 0 saturated carbocycles. The van der Waals surface area contributed by atoms with Crippen LogP contribution in [0, 0.1) is 6.92 Å². The van der Waals surface area contributed by atoms with Crippen LogP contribution in [0.4, 0.5) is 5.69 Å². The molecule has 1 amide bonds. The van der Waals surface area contributed by atoms with Gasteiger partial charge in [0.15, 0.2) is 11.0 Å². The van der Waals surface area contributed by atoms with Gasteiger partial charge in [-0.05, 0) is 18.4 Å². The van der Waals surface area contributed by atoms with Crippen molar-refractivity contribution in [2.75, 3.05) is 11.1 Å². The summed E-state index contributed by atoms with van der Waals surface area (Å²) in [4.78, 5) is 12.6. The summed E-state index contributed by atoms with van der Waals surface area (Å²) in [6, 6.07) is 22.0. The van der Waals surface area contributed by atoms with Crippen LogP contribution in [0.15, 0.2) is 84.5 Å². The summed E-state index contributed by atoms with van der Waals surface area (Å²) >= 11 is 1.37. The lowest BCUT2D eigenvalue weighted by molar-refractivity contribution is -0.113. The second kappa shape index (κ2) is 8.97. The molecule has 0 saturated heterocycles. The second-order valence-electron chi connectivity index (χ2n) is 6.94. The van der Waals surface area contributed by atoms with Crippen LogP contribution < -0.4 is 5.32 Å². The highest BCUT2D eigenvalue weighted by Gasteiger charge is 2.15. The number of anilines is 1. The molecule has 0 aliphatic carbocycles. The van der Waals surface area contributed by atoms with E-state index < -0.39 is 0 Å². The summed E-state index contributed by atoms with van der Waals surface area (Å²) in [7, 11) is 0. The Labute approximate surface area is 179 Å². The van der Waals surface area contributed by atoms with Gasteiger partial charge in [0, 0.05) is 23.2 Å². The zero-order valence-electron chi connectivity index (χ0n) is 16.7. The number of hydrogen-bond donors (Lipinski definition) is 1. The lowest BCUT2D eigenvalue weighted by Gasteiger charge is -2.10. The van der Waals surface area contributed by atoms with Crippen LogP contribution in [-0.4, -0.2) is 26.4 Å². The molecule has 1 aromatic heterocycles. The van der Waals surface area contributed by atoms with Gasteiger partial charge < -0.3 is 5.32 Å². The molecule has 3 aromatic carbocycles. The molecule has 0 aliphatic heterocycles. The SMILES string of the molecule is C=CCn1c(SCC(=O)Nc2cccc3ccccc23)nnc1-c1ccc(C)cc1. The first-order valence-electron chi connectivity index (χ1n) is 9.67. The molecule has 0 aliphatic rings. The maximum absolute atomic E-state index is 12.6. The predicted octanol–water partition coefficient (Wildman–Crippen LogP) is 5.32. The number of fused-ring (bicyclic) bond motifs is 1. The van der Waals surface area contributed by atoms with Gasteiger partial charge in [0.2, 0.25) is 5.91 Å². The van der Waals surface area contributed by atoms with Crippen molar-refractivity contribution in [3.63, 3.8) is 0 Å². The first-order valence-corrected chi connectivity index (χ1v) is 10.7. The van der Waals surface area contributed by atoms with E-state index in [0.29, 0.717) is 11.7 Å². The maximum atomic E-state index is 12.6. The van der Waals surface area contributed by atoms with Crippen molar-refractivity contribution in [1.82, 2.24) is 14.8 Å². The third kappa shape index (κ3) is 4.28. The molecular weight excluding hydrogens is 392 g/mol. The number of thioether (sulfide) groups is 1. The predicted molar refractivity (Wildman–Crippen MR) is 124 cm³/mol. The number of aromatic nitrogens is 3. The Hall–Kier alpha value is -3.38. The lowest BCUT2D eigenvalue weighted by atomic mass is 10.1. The smallest absolute Gasteiger partial charge is 0.234 e. The molecule has 1 heterocycles. The standard InChI is InChI=1S/C24H22N4OS/c1-3-15-28-23(19-13-11-17(2)12-14-19)26-27-24(28)30-16-22(29)25-21-10-6-8-18-7-4-5-9-20(18)21/h3-14H,1,15-16H2,2H3,(H,25,29). The Morgan fingerprint density at radius 1 is 1.07 bits per heavy atom. The van der Waals surface area contributed by atoms with Crippen LogP contribution in [0.5, 0.6) is 0 Å². The van der Waals surface area contributed by atoms with Gasteiger partial charge in [0.1, 0.15) is 0 Å². The summed E-state index contributed by atoms with van der Waals surface area (Å²) in [6.07, 6.45) is 1.81. The monoisotopic (exact) mass is 414 g/mol. The number of allylic oxidation sites excluding steroid dienone is 1. The zero-order chi connectivity index (χ0) is 20.9. The molecule has 6 heteroatoms. The van der Waals surface area contributed by atoms with E-state index in [9.17, 15) is 4.79 Å². The Morgan fingerprint density at radius 3 is 2.63 bits per heavy atom. The van der Waals surface area contributed by atoms with E-state index in [1.807, 2.05) is 78.2 Å². The van der Waals surface area contributed by atoms with Crippen LogP contribution in [0.25, 0.3) is 22.2 Å². The van der Waals surface area contributed by atoms with Crippen molar-refractivity contribution >= 4 is 34.1 Å².